The van der Waals surface area contributed by atoms with Crippen molar-refractivity contribution in [1.29, 1.82) is 0 Å². The third-order valence-electron chi connectivity index (χ3n) is 7.38. The molecule has 42 heavy (non-hydrogen) atoms. The molecule has 220 valence electrons. The SMILES string of the molecule is NC(N)=NCCC[C@@H]1N[C@H](CNC(=O)/C=C(\F)c2ccccc2)CCN(CC(c2ccccc2)c2ccccc2)C1=O. The van der Waals surface area contributed by atoms with Gasteiger partial charge < -0.3 is 27.0 Å². The molecular formula is C33H39FN6O2. The molecule has 0 unspecified atom stereocenters. The van der Waals surface area contributed by atoms with Gasteiger partial charge in [0.05, 0.1) is 6.04 Å². The molecule has 0 bridgehead atoms. The van der Waals surface area contributed by atoms with Crippen molar-refractivity contribution >= 4 is 23.6 Å². The van der Waals surface area contributed by atoms with E-state index in [1.54, 1.807) is 30.3 Å². The van der Waals surface area contributed by atoms with Crippen LogP contribution in [0.3, 0.4) is 0 Å². The normalized spacial score (nSPS) is 17.5. The summed E-state index contributed by atoms with van der Waals surface area (Å²) in [4.78, 5) is 32.4. The van der Waals surface area contributed by atoms with E-state index in [4.69, 9.17) is 11.5 Å². The fourth-order valence-corrected chi connectivity index (χ4v) is 5.20. The van der Waals surface area contributed by atoms with Gasteiger partial charge in [-0.25, -0.2) is 4.39 Å². The highest BCUT2D eigenvalue weighted by molar-refractivity contribution is 5.93. The largest absolute Gasteiger partial charge is 0.370 e. The molecule has 9 heteroatoms. The zero-order valence-corrected chi connectivity index (χ0v) is 23.7. The number of hydrogen-bond donors (Lipinski definition) is 4. The predicted molar refractivity (Wildman–Crippen MR) is 165 cm³/mol. The number of nitrogens with zero attached hydrogens (tertiary/aromatic N) is 2. The van der Waals surface area contributed by atoms with Crippen LogP contribution in [-0.4, -0.2) is 60.9 Å². The van der Waals surface area contributed by atoms with Crippen LogP contribution in [0.1, 0.15) is 41.9 Å². The lowest BCUT2D eigenvalue weighted by molar-refractivity contribution is -0.133. The van der Waals surface area contributed by atoms with Crippen LogP contribution in [0, 0.1) is 0 Å². The summed E-state index contributed by atoms with van der Waals surface area (Å²) in [7, 11) is 0. The number of rotatable bonds is 12. The molecule has 8 nitrogen and oxygen atoms in total. The Kier molecular flexibility index (Phi) is 11.2. The highest BCUT2D eigenvalue weighted by Gasteiger charge is 2.32. The zero-order valence-electron chi connectivity index (χ0n) is 23.7. The van der Waals surface area contributed by atoms with E-state index in [0.717, 1.165) is 17.2 Å². The van der Waals surface area contributed by atoms with Gasteiger partial charge in [0.2, 0.25) is 11.8 Å². The van der Waals surface area contributed by atoms with Crippen molar-refractivity contribution in [3.63, 3.8) is 0 Å². The average Bonchev–Trinajstić information content (AvgIpc) is 3.16. The second kappa shape index (κ2) is 15.5. The van der Waals surface area contributed by atoms with Crippen molar-refractivity contribution in [2.45, 2.75) is 37.3 Å². The van der Waals surface area contributed by atoms with Gasteiger partial charge in [0.1, 0.15) is 5.83 Å². The van der Waals surface area contributed by atoms with Crippen molar-refractivity contribution in [1.82, 2.24) is 15.5 Å². The maximum atomic E-state index is 14.5. The van der Waals surface area contributed by atoms with Gasteiger partial charge in [0.15, 0.2) is 5.96 Å². The van der Waals surface area contributed by atoms with Gasteiger partial charge in [-0.05, 0) is 30.4 Å². The van der Waals surface area contributed by atoms with Crippen LogP contribution < -0.4 is 22.1 Å². The van der Waals surface area contributed by atoms with Crippen LogP contribution in [0.4, 0.5) is 4.39 Å². The van der Waals surface area contributed by atoms with E-state index in [9.17, 15) is 14.0 Å². The molecule has 3 aromatic rings. The highest BCUT2D eigenvalue weighted by atomic mass is 19.1. The first-order valence-corrected chi connectivity index (χ1v) is 14.3. The molecule has 2 amide bonds. The number of carbonyl (C=O) groups excluding carboxylic acids is 2. The number of halogens is 1. The maximum Gasteiger partial charge on any atom is 0.247 e. The molecule has 0 spiro atoms. The lowest BCUT2D eigenvalue weighted by Gasteiger charge is -2.29. The van der Waals surface area contributed by atoms with E-state index in [0.29, 0.717) is 44.5 Å². The Morgan fingerprint density at radius 3 is 2.19 bits per heavy atom. The van der Waals surface area contributed by atoms with Crippen molar-refractivity contribution in [3.8, 4) is 0 Å². The van der Waals surface area contributed by atoms with E-state index < -0.39 is 17.8 Å². The van der Waals surface area contributed by atoms with E-state index in [-0.39, 0.29) is 30.4 Å². The Bertz CT molecular complexity index is 1310. The second-order valence-electron chi connectivity index (χ2n) is 10.4. The first kappa shape index (κ1) is 30.5. The summed E-state index contributed by atoms with van der Waals surface area (Å²) in [6.07, 6.45) is 2.72. The minimum atomic E-state index is -0.603. The number of guanidine groups is 1. The molecule has 1 fully saturated rings. The summed E-state index contributed by atoms with van der Waals surface area (Å²) in [6, 6.07) is 28.1. The van der Waals surface area contributed by atoms with Crippen LogP contribution in [0.5, 0.6) is 0 Å². The van der Waals surface area contributed by atoms with Gasteiger partial charge in [0.25, 0.3) is 0 Å². The van der Waals surface area contributed by atoms with Crippen molar-refractivity contribution < 1.29 is 14.0 Å². The first-order chi connectivity index (χ1) is 20.4. The Morgan fingerprint density at radius 2 is 1.60 bits per heavy atom. The van der Waals surface area contributed by atoms with E-state index in [1.807, 2.05) is 41.3 Å². The minimum Gasteiger partial charge on any atom is -0.370 e. The van der Waals surface area contributed by atoms with E-state index in [2.05, 4.69) is 39.9 Å². The number of benzene rings is 3. The van der Waals surface area contributed by atoms with Crippen LogP contribution in [0.15, 0.2) is 102 Å². The lowest BCUT2D eigenvalue weighted by Crippen LogP contribution is -2.49. The van der Waals surface area contributed by atoms with Crippen molar-refractivity contribution in [2.75, 3.05) is 26.2 Å². The third-order valence-corrected chi connectivity index (χ3v) is 7.38. The van der Waals surface area contributed by atoms with E-state index in [1.165, 1.54) is 0 Å². The molecule has 3 aromatic carbocycles. The molecule has 0 aromatic heterocycles. The average molecular weight is 571 g/mol. The van der Waals surface area contributed by atoms with Gasteiger partial charge in [-0.15, -0.1) is 0 Å². The Morgan fingerprint density at radius 1 is 1.00 bits per heavy atom. The molecule has 1 heterocycles. The summed E-state index contributed by atoms with van der Waals surface area (Å²) < 4.78 is 14.5. The van der Waals surface area contributed by atoms with Crippen LogP contribution in [0.2, 0.25) is 0 Å². The molecule has 0 aliphatic carbocycles. The Labute approximate surface area is 246 Å². The summed E-state index contributed by atoms with van der Waals surface area (Å²) in [5, 5.41) is 6.25. The van der Waals surface area contributed by atoms with Gasteiger partial charge >= 0.3 is 0 Å². The fourth-order valence-electron chi connectivity index (χ4n) is 5.20. The van der Waals surface area contributed by atoms with Crippen molar-refractivity contribution in [3.05, 3.63) is 114 Å². The Hall–Kier alpha value is -4.50. The lowest BCUT2D eigenvalue weighted by atomic mass is 9.90. The maximum absolute atomic E-state index is 14.5. The van der Waals surface area contributed by atoms with Gasteiger partial charge in [0, 0.05) is 49.8 Å². The zero-order chi connectivity index (χ0) is 29.7. The summed E-state index contributed by atoms with van der Waals surface area (Å²) in [5.74, 6) is -1.11. The molecule has 1 saturated heterocycles. The molecule has 4 rings (SSSR count). The van der Waals surface area contributed by atoms with Crippen LogP contribution in [0.25, 0.3) is 5.83 Å². The van der Waals surface area contributed by atoms with Gasteiger partial charge in [-0.3, -0.25) is 14.6 Å². The summed E-state index contributed by atoms with van der Waals surface area (Å²) in [6.45, 7) is 1.70. The molecule has 0 radical (unpaired) electrons. The van der Waals surface area contributed by atoms with Gasteiger partial charge in [-0.2, -0.15) is 0 Å². The summed E-state index contributed by atoms with van der Waals surface area (Å²) in [5.41, 5.74) is 13.6. The second-order valence-corrected chi connectivity index (χ2v) is 10.4. The van der Waals surface area contributed by atoms with Crippen LogP contribution in [-0.2, 0) is 9.59 Å². The molecule has 1 aliphatic rings. The standard InChI is InChI=1S/C33H39FN6O2/c34-29(26-15-8-3-9-16-26)21-31(41)38-22-27-18-20-40(32(42)30(39-27)17-10-19-37-33(35)36)23-28(24-11-4-1-5-12-24)25-13-6-2-7-14-25/h1-9,11-16,21,27-28,30,39H,10,17-20,22-23H2,(H,38,41)(H4,35,36,37)/b29-21-/t27-,30-/m0/s1. The topological polar surface area (TPSA) is 126 Å². The third kappa shape index (κ3) is 9.01. The number of carbonyl (C=O) groups is 2. The van der Waals surface area contributed by atoms with Gasteiger partial charge in [-0.1, -0.05) is 91.0 Å². The molecular weight excluding hydrogens is 531 g/mol. The quantitative estimate of drug-likeness (QED) is 0.115. The van der Waals surface area contributed by atoms with Crippen LogP contribution >= 0.6 is 0 Å². The number of amides is 2. The minimum absolute atomic E-state index is 0.000377. The smallest absolute Gasteiger partial charge is 0.247 e. The predicted octanol–water partition coefficient (Wildman–Crippen LogP) is 3.56. The number of nitrogens with two attached hydrogens (primary N) is 2. The molecule has 6 N–H and O–H groups in total. The number of hydrogen-bond acceptors (Lipinski definition) is 4. The molecule has 0 saturated carbocycles. The van der Waals surface area contributed by atoms with Crippen molar-refractivity contribution in [2.24, 2.45) is 16.5 Å². The molecule has 1 aliphatic heterocycles. The Balaban J connectivity index is 1.48. The highest BCUT2D eigenvalue weighted by Crippen LogP contribution is 2.27. The van der Waals surface area contributed by atoms with E-state index >= 15 is 0 Å². The fraction of sp³-hybridized carbons (Fsp3) is 0.303. The molecule has 2 atom stereocenters. The summed E-state index contributed by atoms with van der Waals surface area (Å²) >= 11 is 0. The number of aliphatic imine (C=N–C) groups is 1. The first-order valence-electron chi connectivity index (χ1n) is 14.3. The number of nitrogens with one attached hydrogen (secondary N) is 2. The monoisotopic (exact) mass is 570 g/mol.